The number of hydrogen-bond acceptors (Lipinski definition) is 4. The summed E-state index contributed by atoms with van der Waals surface area (Å²) in [6, 6.07) is 4.33. The number of carbonyl (C=O) groups is 1. The van der Waals surface area contributed by atoms with Gasteiger partial charge in [-0.05, 0) is 30.7 Å². The summed E-state index contributed by atoms with van der Waals surface area (Å²) in [5, 5.41) is 0. The molecule has 2 aromatic rings. The number of ether oxygens (including phenoxy) is 1. The van der Waals surface area contributed by atoms with Crippen LogP contribution in [-0.2, 0) is 10.9 Å². The van der Waals surface area contributed by atoms with Gasteiger partial charge in [0.2, 0.25) is 5.89 Å². The summed E-state index contributed by atoms with van der Waals surface area (Å²) in [6.45, 7) is 2.25. The molecule has 0 saturated carbocycles. The van der Waals surface area contributed by atoms with E-state index in [-0.39, 0.29) is 18.2 Å². The Hall–Kier alpha value is -2.31. The van der Waals surface area contributed by atoms with Gasteiger partial charge in [-0.1, -0.05) is 13.3 Å². The smallest absolute Gasteiger partial charge is 0.416 e. The zero-order chi connectivity index (χ0) is 16.2. The molecule has 0 radical (unpaired) electrons. The molecule has 4 nitrogen and oxygen atoms in total. The summed E-state index contributed by atoms with van der Waals surface area (Å²) in [6.07, 6.45) is -1.64. The van der Waals surface area contributed by atoms with Gasteiger partial charge in [0, 0.05) is 5.56 Å². The van der Waals surface area contributed by atoms with Crippen molar-refractivity contribution in [2.75, 3.05) is 6.61 Å². The van der Waals surface area contributed by atoms with Crippen molar-refractivity contribution in [3.63, 3.8) is 0 Å². The van der Waals surface area contributed by atoms with Crippen LogP contribution in [0.3, 0.4) is 0 Å². The quantitative estimate of drug-likeness (QED) is 0.609. The molecule has 0 atom stereocenters. The van der Waals surface area contributed by atoms with Crippen LogP contribution in [0.5, 0.6) is 0 Å². The summed E-state index contributed by atoms with van der Waals surface area (Å²) in [4.78, 5) is 15.6. The molecule has 118 valence electrons. The molecule has 0 amide bonds. The fourth-order valence-electron chi connectivity index (χ4n) is 1.69. The molecule has 0 aliphatic heterocycles. The number of benzene rings is 1. The highest BCUT2D eigenvalue weighted by Crippen LogP contribution is 2.30. The van der Waals surface area contributed by atoms with Crippen molar-refractivity contribution in [1.29, 1.82) is 0 Å². The van der Waals surface area contributed by atoms with Gasteiger partial charge in [0.15, 0.2) is 5.69 Å². The van der Waals surface area contributed by atoms with Crippen molar-refractivity contribution < 1.29 is 27.1 Å². The van der Waals surface area contributed by atoms with Crippen LogP contribution >= 0.6 is 0 Å². The van der Waals surface area contributed by atoms with Crippen molar-refractivity contribution in [3.05, 3.63) is 41.8 Å². The molecule has 0 unspecified atom stereocenters. The first-order valence-electron chi connectivity index (χ1n) is 6.72. The van der Waals surface area contributed by atoms with Gasteiger partial charge >= 0.3 is 12.1 Å². The van der Waals surface area contributed by atoms with Crippen molar-refractivity contribution in [3.8, 4) is 11.5 Å². The Morgan fingerprint density at radius 1 is 1.27 bits per heavy atom. The number of rotatable bonds is 5. The second-order valence-corrected chi connectivity index (χ2v) is 4.60. The SMILES string of the molecule is CCCCOC(=O)c1coc(-c2ccc(C(F)(F)F)cc2)n1. The first-order valence-corrected chi connectivity index (χ1v) is 6.72. The maximum absolute atomic E-state index is 12.5. The van der Waals surface area contributed by atoms with Crippen LogP contribution in [0.2, 0.25) is 0 Å². The minimum absolute atomic E-state index is 0.00833. The predicted octanol–water partition coefficient (Wildman–Crippen LogP) is 4.32. The van der Waals surface area contributed by atoms with Crippen molar-refractivity contribution in [2.45, 2.75) is 25.9 Å². The van der Waals surface area contributed by atoms with Crippen LogP contribution in [0.4, 0.5) is 13.2 Å². The fraction of sp³-hybridized carbons (Fsp3) is 0.333. The van der Waals surface area contributed by atoms with Crippen LogP contribution in [0.1, 0.15) is 35.8 Å². The van der Waals surface area contributed by atoms with Gasteiger partial charge in [-0.2, -0.15) is 13.2 Å². The van der Waals surface area contributed by atoms with E-state index in [0.717, 1.165) is 31.2 Å². The second-order valence-electron chi connectivity index (χ2n) is 4.60. The van der Waals surface area contributed by atoms with Crippen LogP contribution < -0.4 is 0 Å². The highest BCUT2D eigenvalue weighted by molar-refractivity contribution is 5.87. The largest absolute Gasteiger partial charge is 0.461 e. The zero-order valence-electron chi connectivity index (χ0n) is 11.8. The molecule has 0 saturated heterocycles. The third-order valence-corrected chi connectivity index (χ3v) is 2.90. The molecule has 0 N–H and O–H groups in total. The lowest BCUT2D eigenvalue weighted by molar-refractivity contribution is -0.137. The Labute approximate surface area is 124 Å². The summed E-state index contributed by atoms with van der Waals surface area (Å²) in [7, 11) is 0. The fourth-order valence-corrected chi connectivity index (χ4v) is 1.69. The highest BCUT2D eigenvalue weighted by atomic mass is 19.4. The van der Waals surface area contributed by atoms with Gasteiger partial charge in [0.1, 0.15) is 6.26 Å². The van der Waals surface area contributed by atoms with E-state index < -0.39 is 17.7 Å². The number of unbranched alkanes of at least 4 members (excludes halogenated alkanes) is 1. The Balaban J connectivity index is 2.09. The average Bonchev–Trinajstić information content (AvgIpc) is 2.96. The molecule has 0 spiro atoms. The molecule has 7 heteroatoms. The minimum atomic E-state index is -4.40. The average molecular weight is 313 g/mol. The summed E-state index contributed by atoms with van der Waals surface area (Å²) >= 11 is 0. The second kappa shape index (κ2) is 6.64. The van der Waals surface area contributed by atoms with E-state index >= 15 is 0 Å². The highest BCUT2D eigenvalue weighted by Gasteiger charge is 2.30. The monoisotopic (exact) mass is 313 g/mol. The molecule has 2 rings (SSSR count). The Bertz CT molecular complexity index is 632. The van der Waals surface area contributed by atoms with Crippen molar-refractivity contribution >= 4 is 5.97 Å². The maximum atomic E-state index is 12.5. The standard InChI is InChI=1S/C15H14F3NO3/c1-2-3-8-21-14(20)12-9-22-13(19-12)10-4-6-11(7-5-10)15(16,17)18/h4-7,9H,2-3,8H2,1H3. The Kier molecular flexibility index (Phi) is 4.85. The third kappa shape index (κ3) is 3.87. The number of aromatic nitrogens is 1. The normalized spacial score (nSPS) is 11.5. The molecule has 1 aromatic carbocycles. The van der Waals surface area contributed by atoms with Crippen LogP contribution in [0.15, 0.2) is 34.9 Å². The van der Waals surface area contributed by atoms with Gasteiger partial charge in [-0.15, -0.1) is 0 Å². The van der Waals surface area contributed by atoms with Gasteiger partial charge in [0.05, 0.1) is 12.2 Å². The number of esters is 1. The Morgan fingerprint density at radius 2 is 1.95 bits per heavy atom. The molecule has 22 heavy (non-hydrogen) atoms. The first kappa shape index (κ1) is 16.1. The molecular formula is C15H14F3NO3. The predicted molar refractivity (Wildman–Crippen MR) is 72.1 cm³/mol. The van der Waals surface area contributed by atoms with Gasteiger partial charge in [0.25, 0.3) is 0 Å². The molecule has 0 aliphatic carbocycles. The van der Waals surface area contributed by atoms with E-state index in [0.29, 0.717) is 5.56 Å². The Morgan fingerprint density at radius 3 is 2.55 bits per heavy atom. The lowest BCUT2D eigenvalue weighted by Gasteiger charge is -2.05. The van der Waals surface area contributed by atoms with E-state index in [2.05, 4.69) is 4.98 Å². The lowest BCUT2D eigenvalue weighted by Crippen LogP contribution is -2.06. The third-order valence-electron chi connectivity index (χ3n) is 2.90. The molecule has 0 bridgehead atoms. The number of carbonyl (C=O) groups excluding carboxylic acids is 1. The lowest BCUT2D eigenvalue weighted by atomic mass is 10.1. The van der Waals surface area contributed by atoms with Gasteiger partial charge in [-0.3, -0.25) is 0 Å². The molecule has 1 heterocycles. The number of alkyl halides is 3. The topological polar surface area (TPSA) is 52.3 Å². The minimum Gasteiger partial charge on any atom is -0.461 e. The summed E-state index contributed by atoms with van der Waals surface area (Å²) < 4.78 is 47.5. The van der Waals surface area contributed by atoms with Crippen molar-refractivity contribution in [2.24, 2.45) is 0 Å². The van der Waals surface area contributed by atoms with E-state index in [1.807, 2.05) is 6.92 Å². The van der Waals surface area contributed by atoms with E-state index in [1.165, 1.54) is 12.1 Å². The zero-order valence-corrected chi connectivity index (χ0v) is 11.8. The number of oxazole rings is 1. The molecule has 0 fully saturated rings. The number of hydrogen-bond donors (Lipinski definition) is 0. The molecule has 1 aromatic heterocycles. The van der Waals surface area contributed by atoms with Gasteiger partial charge in [-0.25, -0.2) is 9.78 Å². The number of halogens is 3. The van der Waals surface area contributed by atoms with E-state index in [9.17, 15) is 18.0 Å². The molecule has 0 aliphatic rings. The number of nitrogens with zero attached hydrogens (tertiary/aromatic N) is 1. The summed E-state index contributed by atoms with van der Waals surface area (Å²) in [5.74, 6) is -0.550. The first-order chi connectivity index (χ1) is 10.4. The van der Waals surface area contributed by atoms with Crippen LogP contribution in [0, 0.1) is 0 Å². The van der Waals surface area contributed by atoms with Gasteiger partial charge < -0.3 is 9.15 Å². The molecular weight excluding hydrogens is 299 g/mol. The van der Waals surface area contributed by atoms with Crippen molar-refractivity contribution in [1.82, 2.24) is 4.98 Å². The van der Waals surface area contributed by atoms with Crippen LogP contribution in [-0.4, -0.2) is 17.6 Å². The van der Waals surface area contributed by atoms with E-state index in [1.54, 1.807) is 0 Å². The van der Waals surface area contributed by atoms with E-state index in [4.69, 9.17) is 9.15 Å². The summed E-state index contributed by atoms with van der Waals surface area (Å²) in [5.41, 5.74) is -0.423. The van der Waals surface area contributed by atoms with Crippen LogP contribution in [0.25, 0.3) is 11.5 Å². The maximum Gasteiger partial charge on any atom is 0.416 e.